The van der Waals surface area contributed by atoms with Crippen LogP contribution >= 0.6 is 0 Å². The van der Waals surface area contributed by atoms with Crippen LogP contribution in [0.3, 0.4) is 0 Å². The molecule has 0 heterocycles. The Labute approximate surface area is 117 Å². The number of aliphatic hydroxyl groups excluding tert-OH is 1. The third-order valence-electron chi connectivity index (χ3n) is 2.84. The van der Waals surface area contributed by atoms with E-state index in [2.05, 4.69) is 0 Å². The Hall–Kier alpha value is -2.33. The molecule has 4 nitrogen and oxygen atoms in total. The fourth-order valence-corrected chi connectivity index (χ4v) is 1.76. The molecule has 0 amide bonds. The first kappa shape index (κ1) is 14.1. The van der Waals surface area contributed by atoms with E-state index in [1.165, 1.54) is 0 Å². The maximum absolute atomic E-state index is 12.0. The Balaban J connectivity index is 2.00. The van der Waals surface area contributed by atoms with Gasteiger partial charge < -0.3 is 14.6 Å². The molecule has 0 aliphatic rings. The number of aliphatic hydroxyl groups is 1. The number of methoxy groups -OCH3 is 1. The number of ether oxygens (including phenoxy) is 2. The van der Waals surface area contributed by atoms with Crippen LogP contribution in [0.2, 0.25) is 0 Å². The highest BCUT2D eigenvalue weighted by molar-refractivity contribution is 5.97. The van der Waals surface area contributed by atoms with E-state index in [0.29, 0.717) is 17.1 Å². The van der Waals surface area contributed by atoms with Gasteiger partial charge in [0, 0.05) is 5.56 Å². The Kier molecular flexibility index (Phi) is 4.74. The molecule has 0 saturated heterocycles. The molecule has 0 atom stereocenters. The topological polar surface area (TPSA) is 55.8 Å². The maximum atomic E-state index is 12.0. The number of carbonyl (C=O) groups is 1. The minimum Gasteiger partial charge on any atom is -0.497 e. The number of hydrogen-bond donors (Lipinski definition) is 1. The summed E-state index contributed by atoms with van der Waals surface area (Å²) in [5, 5.41) is 9.04. The lowest BCUT2D eigenvalue weighted by Crippen LogP contribution is -2.11. The molecule has 0 aromatic heterocycles. The molecule has 0 saturated carbocycles. The van der Waals surface area contributed by atoms with Crippen molar-refractivity contribution in [1.82, 2.24) is 0 Å². The molecule has 0 fully saturated rings. The first-order chi connectivity index (χ1) is 9.72. The second-order valence-electron chi connectivity index (χ2n) is 4.25. The number of benzene rings is 2. The van der Waals surface area contributed by atoms with E-state index in [1.54, 1.807) is 55.6 Å². The molecule has 1 N–H and O–H groups in total. The van der Waals surface area contributed by atoms with Gasteiger partial charge in [-0.25, -0.2) is 0 Å². The van der Waals surface area contributed by atoms with E-state index in [1.807, 2.05) is 0 Å². The lowest BCUT2D eigenvalue weighted by molar-refractivity contribution is 0.0921. The molecule has 2 aromatic rings. The summed E-state index contributed by atoms with van der Waals surface area (Å²) in [5.74, 6) is 1.07. The minimum absolute atomic E-state index is 0.0535. The Morgan fingerprint density at radius 2 is 1.85 bits per heavy atom. The largest absolute Gasteiger partial charge is 0.497 e. The number of hydrogen-bond acceptors (Lipinski definition) is 4. The molecule has 0 bridgehead atoms. The predicted octanol–water partition coefficient (Wildman–Crippen LogP) is 2.45. The van der Waals surface area contributed by atoms with Gasteiger partial charge in [-0.05, 0) is 29.8 Å². The Morgan fingerprint density at radius 1 is 1.10 bits per heavy atom. The van der Waals surface area contributed by atoms with Gasteiger partial charge in [0.1, 0.15) is 11.5 Å². The van der Waals surface area contributed by atoms with Crippen LogP contribution in [0, 0.1) is 0 Å². The summed E-state index contributed by atoms with van der Waals surface area (Å²) in [4.78, 5) is 12.0. The van der Waals surface area contributed by atoms with E-state index in [-0.39, 0.29) is 19.0 Å². The molecule has 0 radical (unpaired) electrons. The second kappa shape index (κ2) is 6.73. The third-order valence-corrected chi connectivity index (χ3v) is 2.84. The fraction of sp³-hybridized carbons (Fsp3) is 0.188. The van der Waals surface area contributed by atoms with Crippen LogP contribution in [0.4, 0.5) is 0 Å². The van der Waals surface area contributed by atoms with E-state index < -0.39 is 0 Å². The number of rotatable bonds is 6. The second-order valence-corrected chi connectivity index (χ2v) is 4.25. The van der Waals surface area contributed by atoms with E-state index in [0.717, 1.165) is 5.56 Å². The average Bonchev–Trinajstić information content (AvgIpc) is 2.52. The summed E-state index contributed by atoms with van der Waals surface area (Å²) in [6.45, 7) is -0.108. The Bertz CT molecular complexity index is 593. The van der Waals surface area contributed by atoms with Gasteiger partial charge in [0.15, 0.2) is 12.4 Å². The zero-order valence-corrected chi connectivity index (χ0v) is 11.2. The molecule has 0 aliphatic heterocycles. The van der Waals surface area contributed by atoms with E-state index >= 15 is 0 Å². The fourth-order valence-electron chi connectivity index (χ4n) is 1.76. The quantitative estimate of drug-likeness (QED) is 0.821. The maximum Gasteiger partial charge on any atom is 0.200 e. The van der Waals surface area contributed by atoms with Crippen molar-refractivity contribution in [1.29, 1.82) is 0 Å². The third kappa shape index (κ3) is 3.59. The summed E-state index contributed by atoms with van der Waals surface area (Å²) in [5.41, 5.74) is 1.29. The molecule has 20 heavy (non-hydrogen) atoms. The van der Waals surface area contributed by atoms with Gasteiger partial charge in [-0.3, -0.25) is 4.79 Å². The van der Waals surface area contributed by atoms with Crippen LogP contribution in [0.1, 0.15) is 15.9 Å². The molecule has 0 aliphatic carbocycles. The molecule has 2 aromatic carbocycles. The zero-order chi connectivity index (χ0) is 14.4. The van der Waals surface area contributed by atoms with Gasteiger partial charge >= 0.3 is 0 Å². The summed E-state index contributed by atoms with van der Waals surface area (Å²) >= 11 is 0. The van der Waals surface area contributed by atoms with Crippen LogP contribution in [0.5, 0.6) is 11.5 Å². The average molecular weight is 272 g/mol. The van der Waals surface area contributed by atoms with Gasteiger partial charge in [-0.1, -0.05) is 24.3 Å². The van der Waals surface area contributed by atoms with Crippen molar-refractivity contribution in [2.75, 3.05) is 13.7 Å². The standard InChI is InChI=1S/C16H16O4/c1-19-14-6-3-5-13(9-14)16(18)11-20-15-7-2-4-12(8-15)10-17/h2-9,17H,10-11H2,1H3. The molecule has 4 heteroatoms. The summed E-state index contributed by atoms with van der Waals surface area (Å²) in [6, 6.07) is 14.0. The molecule has 0 unspecified atom stereocenters. The van der Waals surface area contributed by atoms with Crippen molar-refractivity contribution in [3.63, 3.8) is 0 Å². The number of Topliss-reactive ketones (excluding diaryl/α,β-unsaturated/α-hetero) is 1. The first-order valence-corrected chi connectivity index (χ1v) is 6.23. The lowest BCUT2D eigenvalue weighted by atomic mass is 10.1. The van der Waals surface area contributed by atoms with E-state index in [9.17, 15) is 4.79 Å². The number of ketones is 1. The SMILES string of the molecule is COc1cccc(C(=O)COc2cccc(CO)c2)c1. The van der Waals surface area contributed by atoms with Crippen LogP contribution in [0.25, 0.3) is 0 Å². The van der Waals surface area contributed by atoms with Crippen LogP contribution in [-0.2, 0) is 6.61 Å². The van der Waals surface area contributed by atoms with Crippen LogP contribution < -0.4 is 9.47 Å². The van der Waals surface area contributed by atoms with Crippen molar-refractivity contribution < 1.29 is 19.4 Å². The van der Waals surface area contributed by atoms with Crippen molar-refractivity contribution in [2.24, 2.45) is 0 Å². The highest BCUT2D eigenvalue weighted by Gasteiger charge is 2.08. The summed E-state index contributed by atoms with van der Waals surface area (Å²) < 4.78 is 10.5. The van der Waals surface area contributed by atoms with Crippen molar-refractivity contribution >= 4 is 5.78 Å². The van der Waals surface area contributed by atoms with Crippen molar-refractivity contribution in [2.45, 2.75) is 6.61 Å². The molecular weight excluding hydrogens is 256 g/mol. The summed E-state index contributed by atoms with van der Waals surface area (Å²) in [7, 11) is 1.56. The summed E-state index contributed by atoms with van der Waals surface area (Å²) in [6.07, 6.45) is 0. The lowest BCUT2D eigenvalue weighted by Gasteiger charge is -2.07. The van der Waals surface area contributed by atoms with Gasteiger partial charge in [-0.2, -0.15) is 0 Å². The first-order valence-electron chi connectivity index (χ1n) is 6.23. The zero-order valence-electron chi connectivity index (χ0n) is 11.2. The normalized spacial score (nSPS) is 10.1. The van der Waals surface area contributed by atoms with E-state index in [4.69, 9.17) is 14.6 Å². The van der Waals surface area contributed by atoms with Gasteiger partial charge in [0.05, 0.1) is 13.7 Å². The minimum atomic E-state index is -0.127. The van der Waals surface area contributed by atoms with Gasteiger partial charge in [0.2, 0.25) is 0 Å². The molecule has 0 spiro atoms. The highest BCUT2D eigenvalue weighted by Crippen LogP contribution is 2.16. The molecule has 2 rings (SSSR count). The van der Waals surface area contributed by atoms with Gasteiger partial charge in [0.25, 0.3) is 0 Å². The van der Waals surface area contributed by atoms with Crippen molar-refractivity contribution in [3.8, 4) is 11.5 Å². The smallest absolute Gasteiger partial charge is 0.200 e. The van der Waals surface area contributed by atoms with Crippen LogP contribution in [-0.4, -0.2) is 24.6 Å². The Morgan fingerprint density at radius 3 is 2.60 bits per heavy atom. The van der Waals surface area contributed by atoms with Gasteiger partial charge in [-0.15, -0.1) is 0 Å². The number of carbonyl (C=O) groups excluding carboxylic acids is 1. The monoisotopic (exact) mass is 272 g/mol. The molecular formula is C16H16O4. The molecule has 104 valence electrons. The van der Waals surface area contributed by atoms with Crippen LogP contribution in [0.15, 0.2) is 48.5 Å². The predicted molar refractivity (Wildman–Crippen MR) is 75.2 cm³/mol. The highest BCUT2D eigenvalue weighted by atomic mass is 16.5. The van der Waals surface area contributed by atoms with Crippen molar-refractivity contribution in [3.05, 3.63) is 59.7 Å².